The topological polar surface area (TPSA) is 91.5 Å². The van der Waals surface area contributed by atoms with Gasteiger partial charge in [-0.2, -0.15) is 10.0 Å². The van der Waals surface area contributed by atoms with Crippen LogP contribution in [-0.4, -0.2) is 38.9 Å². The van der Waals surface area contributed by atoms with Crippen LogP contribution in [0.5, 0.6) is 0 Å². The molecule has 0 bridgehead atoms. The highest BCUT2D eigenvalue weighted by Gasteiger charge is 2.29. The van der Waals surface area contributed by atoms with Crippen LogP contribution in [0.4, 0.5) is 0 Å². The van der Waals surface area contributed by atoms with Crippen molar-refractivity contribution in [1.82, 2.24) is 20.5 Å². The predicted octanol–water partition coefficient (Wildman–Crippen LogP) is 2.99. The fraction of sp³-hybridized carbons (Fsp3) is 0.318. The van der Waals surface area contributed by atoms with Gasteiger partial charge < -0.3 is 15.0 Å². The van der Waals surface area contributed by atoms with E-state index < -0.39 is 6.04 Å². The first-order valence-corrected chi connectivity index (χ1v) is 9.88. The van der Waals surface area contributed by atoms with Crippen molar-refractivity contribution in [3.8, 4) is 11.4 Å². The molecule has 0 spiro atoms. The van der Waals surface area contributed by atoms with Gasteiger partial charge in [0.05, 0.1) is 0 Å². The van der Waals surface area contributed by atoms with Crippen molar-refractivity contribution in [2.45, 2.75) is 38.3 Å². The maximum Gasteiger partial charge on any atom is 0.240 e. The minimum absolute atomic E-state index is 0.143. The third-order valence-corrected chi connectivity index (χ3v) is 5.14. The lowest BCUT2D eigenvalue weighted by Crippen LogP contribution is -2.41. The molecule has 1 atom stereocenters. The number of hydroxylamine groups is 2. The van der Waals surface area contributed by atoms with Gasteiger partial charge in [-0.15, -0.1) is 0 Å². The maximum absolute atomic E-state index is 12.1. The molecular weight excluding hydrogens is 368 g/mol. The number of nitrogens with one attached hydrogen (secondary N) is 1. The number of aromatic nitrogens is 2. The van der Waals surface area contributed by atoms with Crippen molar-refractivity contribution in [3.63, 3.8) is 0 Å². The van der Waals surface area contributed by atoms with Crippen LogP contribution in [0, 0.1) is 0 Å². The molecule has 0 unspecified atom stereocenters. The smallest absolute Gasteiger partial charge is 0.240 e. The van der Waals surface area contributed by atoms with E-state index in [9.17, 15) is 10.0 Å². The summed E-state index contributed by atoms with van der Waals surface area (Å²) in [7, 11) is 0. The molecule has 1 aliphatic heterocycles. The van der Waals surface area contributed by atoms with Crippen LogP contribution in [0.25, 0.3) is 11.4 Å². The van der Waals surface area contributed by atoms with Crippen molar-refractivity contribution >= 4 is 5.91 Å². The Morgan fingerprint density at radius 1 is 1.10 bits per heavy atom. The van der Waals surface area contributed by atoms with Crippen LogP contribution in [0.15, 0.2) is 59.1 Å². The van der Waals surface area contributed by atoms with Gasteiger partial charge >= 0.3 is 0 Å². The van der Waals surface area contributed by atoms with E-state index in [1.165, 1.54) is 5.56 Å². The average Bonchev–Trinajstić information content (AvgIpc) is 3.41. The monoisotopic (exact) mass is 392 g/mol. The van der Waals surface area contributed by atoms with E-state index in [1.807, 2.05) is 42.5 Å². The Bertz CT molecular complexity index is 940. The second kappa shape index (κ2) is 8.98. The third kappa shape index (κ3) is 4.88. The summed E-state index contributed by atoms with van der Waals surface area (Å²) in [5, 5.41) is 17.7. The lowest BCUT2D eigenvalue weighted by molar-refractivity contribution is -0.145. The van der Waals surface area contributed by atoms with Crippen LogP contribution < -0.4 is 5.32 Å². The first kappa shape index (κ1) is 19.3. The van der Waals surface area contributed by atoms with Crippen LogP contribution in [0.2, 0.25) is 0 Å². The number of aryl methyl sites for hydroxylation is 2. The Balaban J connectivity index is 1.31. The molecule has 29 heavy (non-hydrogen) atoms. The Hall–Kier alpha value is -3.03. The van der Waals surface area contributed by atoms with Gasteiger partial charge in [0.2, 0.25) is 17.6 Å². The number of amides is 1. The Kier molecular flexibility index (Phi) is 5.97. The minimum Gasteiger partial charge on any atom is -0.351 e. The third-order valence-electron chi connectivity index (χ3n) is 5.14. The molecule has 1 saturated heterocycles. The van der Waals surface area contributed by atoms with Gasteiger partial charge in [0.1, 0.15) is 6.04 Å². The summed E-state index contributed by atoms with van der Waals surface area (Å²) in [4.78, 5) is 16.6. The van der Waals surface area contributed by atoms with E-state index in [0.717, 1.165) is 29.0 Å². The fourth-order valence-electron chi connectivity index (χ4n) is 3.47. The molecular formula is C22H24N4O3. The van der Waals surface area contributed by atoms with Crippen LogP contribution in [0.1, 0.15) is 29.9 Å². The molecule has 4 rings (SSSR count). The number of benzene rings is 2. The number of carbonyl (C=O) groups excluding carboxylic acids is 1. The average molecular weight is 392 g/mol. The summed E-state index contributed by atoms with van der Waals surface area (Å²) < 4.78 is 5.37. The summed E-state index contributed by atoms with van der Waals surface area (Å²) >= 11 is 0. The summed E-state index contributed by atoms with van der Waals surface area (Å²) in [5.41, 5.74) is 3.07. The molecule has 2 heterocycles. The summed E-state index contributed by atoms with van der Waals surface area (Å²) in [5.74, 6) is 1.03. The largest absolute Gasteiger partial charge is 0.351 e. The van der Waals surface area contributed by atoms with Crippen LogP contribution >= 0.6 is 0 Å². The lowest BCUT2D eigenvalue weighted by Gasteiger charge is -2.16. The molecule has 0 aliphatic carbocycles. The quantitative estimate of drug-likeness (QED) is 0.642. The van der Waals surface area contributed by atoms with Gasteiger partial charge in [-0.1, -0.05) is 59.8 Å². The molecule has 1 aromatic heterocycles. The molecule has 3 aromatic rings. The van der Waals surface area contributed by atoms with Crippen molar-refractivity contribution in [2.75, 3.05) is 6.54 Å². The Morgan fingerprint density at radius 3 is 2.62 bits per heavy atom. The molecule has 2 aromatic carbocycles. The van der Waals surface area contributed by atoms with Crippen LogP contribution in [-0.2, 0) is 24.2 Å². The predicted molar refractivity (Wildman–Crippen MR) is 107 cm³/mol. The highest BCUT2D eigenvalue weighted by Crippen LogP contribution is 2.18. The van der Waals surface area contributed by atoms with Gasteiger partial charge in [0.15, 0.2) is 0 Å². The first-order chi connectivity index (χ1) is 14.2. The number of hydrogen-bond donors (Lipinski definition) is 2. The summed E-state index contributed by atoms with van der Waals surface area (Å²) in [6.07, 6.45) is 3.07. The highest BCUT2D eigenvalue weighted by atomic mass is 16.5. The highest BCUT2D eigenvalue weighted by molar-refractivity contribution is 5.81. The molecule has 0 saturated carbocycles. The van der Waals surface area contributed by atoms with Crippen molar-refractivity contribution in [2.24, 2.45) is 0 Å². The Morgan fingerprint density at radius 2 is 1.90 bits per heavy atom. The Labute approximate surface area is 169 Å². The van der Waals surface area contributed by atoms with Crippen molar-refractivity contribution in [3.05, 3.63) is 71.6 Å². The zero-order valence-electron chi connectivity index (χ0n) is 16.1. The van der Waals surface area contributed by atoms with E-state index in [0.29, 0.717) is 37.6 Å². The van der Waals surface area contributed by atoms with E-state index in [4.69, 9.17) is 4.52 Å². The molecule has 7 nitrogen and oxygen atoms in total. The van der Waals surface area contributed by atoms with E-state index in [2.05, 4.69) is 27.6 Å². The SMILES string of the molecule is O=C(NCc1ccc(-c2noc(CCc3ccccc3)n2)cc1)[C@@H]1CCCN1O. The zero-order chi connectivity index (χ0) is 20.1. The van der Waals surface area contributed by atoms with Gasteiger partial charge in [0.25, 0.3) is 0 Å². The van der Waals surface area contributed by atoms with Crippen LogP contribution in [0.3, 0.4) is 0 Å². The molecule has 1 aliphatic rings. The number of nitrogens with zero attached hydrogens (tertiary/aromatic N) is 3. The normalized spacial score (nSPS) is 16.8. The minimum atomic E-state index is -0.442. The maximum atomic E-state index is 12.1. The van der Waals surface area contributed by atoms with Gasteiger partial charge in [0, 0.05) is 25.1 Å². The van der Waals surface area contributed by atoms with E-state index >= 15 is 0 Å². The number of carbonyl (C=O) groups is 1. The standard InChI is InChI=1S/C22H24N4O3/c27-22(19-7-4-14-26(19)28)23-15-17-8-11-18(12-9-17)21-24-20(29-25-21)13-10-16-5-2-1-3-6-16/h1-3,5-6,8-9,11-12,19,28H,4,7,10,13-15H2,(H,23,27)/t19-/m0/s1. The summed E-state index contributed by atoms with van der Waals surface area (Å²) in [6, 6.07) is 17.5. The van der Waals surface area contributed by atoms with Crippen molar-refractivity contribution < 1.29 is 14.5 Å². The molecule has 150 valence electrons. The first-order valence-electron chi connectivity index (χ1n) is 9.88. The van der Waals surface area contributed by atoms with Gasteiger partial charge in [-0.3, -0.25) is 4.79 Å². The number of hydrogen-bond acceptors (Lipinski definition) is 6. The fourth-order valence-corrected chi connectivity index (χ4v) is 3.47. The zero-order valence-corrected chi connectivity index (χ0v) is 16.1. The molecule has 2 N–H and O–H groups in total. The van der Waals surface area contributed by atoms with E-state index in [-0.39, 0.29) is 5.91 Å². The summed E-state index contributed by atoms with van der Waals surface area (Å²) in [6.45, 7) is 0.961. The lowest BCUT2D eigenvalue weighted by atomic mass is 10.1. The molecule has 1 amide bonds. The van der Waals surface area contributed by atoms with Crippen molar-refractivity contribution in [1.29, 1.82) is 0 Å². The second-order valence-corrected chi connectivity index (χ2v) is 7.23. The van der Waals surface area contributed by atoms with Gasteiger partial charge in [-0.25, -0.2) is 0 Å². The number of rotatable bonds is 7. The van der Waals surface area contributed by atoms with Gasteiger partial charge in [-0.05, 0) is 30.4 Å². The molecule has 0 radical (unpaired) electrons. The molecule has 1 fully saturated rings. The molecule has 7 heteroatoms. The second-order valence-electron chi connectivity index (χ2n) is 7.23. The van der Waals surface area contributed by atoms with E-state index in [1.54, 1.807) is 0 Å².